The summed E-state index contributed by atoms with van der Waals surface area (Å²) in [5.41, 5.74) is -0.126. The molecule has 2 saturated heterocycles. The molecule has 3 aliphatic heterocycles. The highest BCUT2D eigenvalue weighted by molar-refractivity contribution is 8.14. The Labute approximate surface area is 200 Å². The molecule has 2 N–H and O–H groups in total. The summed E-state index contributed by atoms with van der Waals surface area (Å²) in [5.74, 6) is -0.456. The molecule has 2 unspecified atom stereocenters. The summed E-state index contributed by atoms with van der Waals surface area (Å²) in [6.07, 6.45) is 3.21. The second-order valence-corrected chi connectivity index (χ2v) is 11.8. The summed E-state index contributed by atoms with van der Waals surface area (Å²) in [7, 11) is 0. The van der Waals surface area contributed by atoms with Crippen LogP contribution in [0.1, 0.15) is 66.2 Å². The number of rotatable bonds is 2. The van der Waals surface area contributed by atoms with Crippen molar-refractivity contribution in [3.05, 3.63) is 11.6 Å². The fourth-order valence-electron chi connectivity index (χ4n) is 5.78. The molecule has 184 valence electrons. The van der Waals surface area contributed by atoms with Crippen LogP contribution in [-0.4, -0.2) is 69.3 Å². The van der Waals surface area contributed by atoms with Crippen LogP contribution in [0.3, 0.4) is 0 Å². The zero-order valence-electron chi connectivity index (χ0n) is 20.0. The third-order valence-corrected chi connectivity index (χ3v) is 9.03. The maximum Gasteiger partial charge on any atom is 0.309 e. The summed E-state index contributed by atoms with van der Waals surface area (Å²) >= 11 is 1.73. The minimum absolute atomic E-state index is 0.0456. The highest BCUT2D eigenvalue weighted by Crippen LogP contribution is 2.45. The van der Waals surface area contributed by atoms with Crippen LogP contribution in [-0.2, 0) is 19.1 Å². The molecular weight excluding hydrogens is 442 g/mol. The lowest BCUT2D eigenvalue weighted by molar-refractivity contribution is -0.161. The fraction of sp³-hybridized carbons (Fsp3) is 0.800. The number of carbonyl (C=O) groups excluding carboxylic acids is 2. The van der Waals surface area contributed by atoms with Gasteiger partial charge in [0.15, 0.2) is 0 Å². The molecule has 4 rings (SSSR count). The SMILES string of the molecule is CC1=NC(/C=C(\C)[C@@H]2C[C@@H]3OC3CCC[C@@H]3C[C@@](C)(C(=O)[C@H](C)[C@H]3O)[C@@H](O)CC(=O)O2)CS1. The molecule has 0 radical (unpaired) electrons. The first kappa shape index (κ1) is 24.9. The van der Waals surface area contributed by atoms with Crippen molar-refractivity contribution in [1.29, 1.82) is 0 Å². The number of aliphatic imine (C=N–C) groups is 1. The number of Topliss-reactive ketones (excluding diaryl/α,β-unsaturated/α-hetero) is 1. The van der Waals surface area contributed by atoms with E-state index in [1.54, 1.807) is 25.6 Å². The van der Waals surface area contributed by atoms with Gasteiger partial charge in [-0.1, -0.05) is 26.3 Å². The molecule has 0 aromatic rings. The number of epoxide rings is 1. The van der Waals surface area contributed by atoms with Crippen molar-refractivity contribution in [2.75, 3.05) is 5.75 Å². The van der Waals surface area contributed by atoms with Gasteiger partial charge in [-0.25, -0.2) is 0 Å². The number of thioether (sulfide) groups is 1. The number of esters is 1. The highest BCUT2D eigenvalue weighted by Gasteiger charge is 2.52. The van der Waals surface area contributed by atoms with Crippen LogP contribution >= 0.6 is 11.8 Å². The van der Waals surface area contributed by atoms with Crippen molar-refractivity contribution in [2.45, 2.75) is 103 Å². The number of aliphatic hydroxyl groups is 2. The van der Waals surface area contributed by atoms with Crippen molar-refractivity contribution >= 4 is 28.6 Å². The van der Waals surface area contributed by atoms with Gasteiger partial charge in [-0.05, 0) is 44.6 Å². The number of aliphatic hydroxyl groups excluding tert-OH is 2. The van der Waals surface area contributed by atoms with Gasteiger partial charge in [0.2, 0.25) is 0 Å². The highest BCUT2D eigenvalue weighted by atomic mass is 32.2. The Balaban J connectivity index is 1.54. The van der Waals surface area contributed by atoms with E-state index in [1.807, 2.05) is 13.8 Å². The van der Waals surface area contributed by atoms with Crippen molar-refractivity contribution in [3.8, 4) is 0 Å². The molecule has 2 bridgehead atoms. The summed E-state index contributed by atoms with van der Waals surface area (Å²) in [4.78, 5) is 30.6. The molecule has 1 saturated carbocycles. The first-order valence-electron chi connectivity index (χ1n) is 12.2. The minimum Gasteiger partial charge on any atom is -0.458 e. The Morgan fingerprint density at radius 1 is 1.24 bits per heavy atom. The van der Waals surface area contributed by atoms with E-state index in [9.17, 15) is 19.8 Å². The van der Waals surface area contributed by atoms with Crippen LogP contribution in [0.25, 0.3) is 0 Å². The molecule has 4 aliphatic rings. The Morgan fingerprint density at radius 2 is 2.00 bits per heavy atom. The first-order chi connectivity index (χ1) is 15.6. The predicted molar refractivity (Wildman–Crippen MR) is 127 cm³/mol. The van der Waals surface area contributed by atoms with E-state index >= 15 is 0 Å². The Bertz CT molecular complexity index is 843. The van der Waals surface area contributed by atoms with Gasteiger partial charge >= 0.3 is 5.97 Å². The molecule has 0 amide bonds. The molecule has 0 spiro atoms. The number of hydrogen-bond acceptors (Lipinski definition) is 8. The van der Waals surface area contributed by atoms with Gasteiger partial charge in [0.25, 0.3) is 0 Å². The molecule has 0 aromatic heterocycles. The number of hydrogen-bond donors (Lipinski definition) is 2. The van der Waals surface area contributed by atoms with E-state index in [1.165, 1.54) is 0 Å². The van der Waals surface area contributed by atoms with Gasteiger partial charge < -0.3 is 19.7 Å². The second kappa shape index (κ2) is 9.80. The van der Waals surface area contributed by atoms with E-state index in [0.29, 0.717) is 12.8 Å². The van der Waals surface area contributed by atoms with Crippen molar-refractivity contribution in [1.82, 2.24) is 0 Å². The second-order valence-electron chi connectivity index (χ2n) is 10.5. The van der Waals surface area contributed by atoms with Crippen molar-refractivity contribution < 1.29 is 29.3 Å². The lowest BCUT2D eigenvalue weighted by Gasteiger charge is -2.45. The quantitative estimate of drug-likeness (QED) is 0.356. The molecule has 7 nitrogen and oxygen atoms in total. The van der Waals surface area contributed by atoms with Crippen LogP contribution in [0.4, 0.5) is 0 Å². The van der Waals surface area contributed by atoms with Gasteiger partial charge in [-0.3, -0.25) is 14.6 Å². The lowest BCUT2D eigenvalue weighted by Crippen LogP contribution is -2.54. The smallest absolute Gasteiger partial charge is 0.309 e. The van der Waals surface area contributed by atoms with E-state index in [2.05, 4.69) is 11.1 Å². The molecule has 33 heavy (non-hydrogen) atoms. The monoisotopic (exact) mass is 479 g/mol. The molecule has 1 aliphatic carbocycles. The van der Waals surface area contributed by atoms with Crippen LogP contribution in [0.2, 0.25) is 0 Å². The van der Waals surface area contributed by atoms with E-state index in [-0.39, 0.29) is 36.4 Å². The number of nitrogens with zero attached hydrogens (tertiary/aromatic N) is 1. The summed E-state index contributed by atoms with van der Waals surface area (Å²) in [6, 6.07) is 0.0759. The molecular formula is C25H37NO6S. The third-order valence-electron chi connectivity index (χ3n) is 8.00. The van der Waals surface area contributed by atoms with Crippen molar-refractivity contribution in [3.63, 3.8) is 0 Å². The summed E-state index contributed by atoms with van der Waals surface area (Å²) in [6.45, 7) is 7.41. The van der Waals surface area contributed by atoms with Gasteiger partial charge in [-0.15, -0.1) is 11.8 Å². The minimum atomic E-state index is -1.15. The number of ketones is 1. The average Bonchev–Trinajstić information content (AvgIpc) is 3.37. The molecule has 3 fully saturated rings. The van der Waals surface area contributed by atoms with Crippen LogP contribution < -0.4 is 0 Å². The number of fused-ring (bicyclic) bond motifs is 3. The molecule has 8 heteroatoms. The van der Waals surface area contributed by atoms with Crippen molar-refractivity contribution in [2.24, 2.45) is 22.2 Å². The van der Waals surface area contributed by atoms with Gasteiger partial charge in [0.05, 0.1) is 47.3 Å². The zero-order valence-corrected chi connectivity index (χ0v) is 20.8. The number of cyclic esters (lactones) is 1. The Hall–Kier alpha value is -1.22. The number of ether oxygens (including phenoxy) is 2. The molecule has 9 atom stereocenters. The van der Waals surface area contributed by atoms with Crippen LogP contribution in [0, 0.1) is 17.3 Å². The third kappa shape index (κ3) is 5.39. The van der Waals surface area contributed by atoms with Crippen LogP contribution in [0.5, 0.6) is 0 Å². The average molecular weight is 480 g/mol. The summed E-state index contributed by atoms with van der Waals surface area (Å²) < 4.78 is 11.8. The summed E-state index contributed by atoms with van der Waals surface area (Å²) in [5, 5.41) is 22.8. The molecule has 0 aromatic carbocycles. The number of carbonyl (C=O) groups is 2. The first-order valence-corrected chi connectivity index (χ1v) is 13.2. The normalized spacial score (nSPS) is 45.0. The van der Waals surface area contributed by atoms with E-state index in [0.717, 1.165) is 35.6 Å². The Kier molecular flexibility index (Phi) is 7.39. The van der Waals surface area contributed by atoms with Gasteiger partial charge in [0.1, 0.15) is 11.9 Å². The molecule has 3 heterocycles. The predicted octanol–water partition coefficient (Wildman–Crippen LogP) is 3.06. The van der Waals surface area contributed by atoms with E-state index in [4.69, 9.17) is 9.47 Å². The van der Waals surface area contributed by atoms with Crippen LogP contribution in [0.15, 0.2) is 16.6 Å². The van der Waals surface area contributed by atoms with Gasteiger partial charge in [0, 0.05) is 18.1 Å². The maximum atomic E-state index is 13.1. The van der Waals surface area contributed by atoms with Gasteiger partial charge in [-0.2, -0.15) is 0 Å². The largest absolute Gasteiger partial charge is 0.458 e. The topological polar surface area (TPSA) is 109 Å². The van der Waals surface area contributed by atoms with E-state index < -0.39 is 35.6 Å². The zero-order chi connectivity index (χ0) is 23.9. The standard InChI is InChI=1S/C25H37NO6S/c1-13(8-17-12-33-15(3)26-17)19-9-20-18(31-20)7-5-6-16-11-25(4,21(27)10-22(28)32-19)24(30)14(2)23(16)29/h8,14,16-21,23,27,29H,5-7,9-12H2,1-4H3/b13-8+/t14-,16-,17?,18?,19+,20+,21+,23-,25-/m1/s1. The fourth-order valence-corrected chi connectivity index (χ4v) is 6.57. The lowest BCUT2D eigenvalue weighted by atomic mass is 9.60. The maximum absolute atomic E-state index is 13.1. The Morgan fingerprint density at radius 3 is 2.70 bits per heavy atom.